The molecule has 1 amide bonds. The van der Waals surface area contributed by atoms with Gasteiger partial charge in [0.05, 0.1) is 0 Å². The van der Waals surface area contributed by atoms with E-state index >= 15 is 0 Å². The molecule has 0 bridgehead atoms. The largest absolute Gasteiger partial charge is 0.444 e. The fourth-order valence-electron chi connectivity index (χ4n) is 2.87. The number of rotatable bonds is 3. The lowest BCUT2D eigenvalue weighted by Crippen LogP contribution is -2.43. The van der Waals surface area contributed by atoms with E-state index in [9.17, 15) is 4.79 Å². The summed E-state index contributed by atoms with van der Waals surface area (Å²) in [4.78, 5) is 14.2. The zero-order valence-corrected chi connectivity index (χ0v) is 14.2. The first-order valence-corrected chi connectivity index (χ1v) is 8.12. The van der Waals surface area contributed by atoms with Crippen molar-refractivity contribution in [3.8, 4) is 0 Å². The molecule has 4 heteroatoms. The summed E-state index contributed by atoms with van der Waals surface area (Å²) in [5.74, 6) is 0. The fourth-order valence-corrected chi connectivity index (χ4v) is 2.87. The van der Waals surface area contributed by atoms with E-state index in [1.165, 1.54) is 11.1 Å². The number of carbonyl (C=O) groups is 1. The second-order valence-corrected chi connectivity index (χ2v) is 7.15. The maximum atomic E-state index is 11.8. The molecule has 1 aromatic rings. The van der Waals surface area contributed by atoms with Crippen molar-refractivity contribution in [2.75, 3.05) is 13.1 Å². The van der Waals surface area contributed by atoms with Crippen molar-refractivity contribution < 1.29 is 9.53 Å². The van der Waals surface area contributed by atoms with Gasteiger partial charge in [0.15, 0.2) is 0 Å². The Morgan fingerprint density at radius 3 is 2.68 bits per heavy atom. The fraction of sp³-hybridized carbons (Fsp3) is 0.611. The van der Waals surface area contributed by atoms with Gasteiger partial charge in [-0.25, -0.2) is 4.79 Å². The number of carbonyl (C=O) groups excluding carboxylic acids is 1. The number of amides is 1. The van der Waals surface area contributed by atoms with Crippen molar-refractivity contribution in [2.45, 2.75) is 58.7 Å². The SMILES string of the molecule is CC(CN1CCCc2ccccc2C1)NC(=O)OC(C)(C)C. The minimum Gasteiger partial charge on any atom is -0.444 e. The number of ether oxygens (including phenoxy) is 1. The summed E-state index contributed by atoms with van der Waals surface area (Å²) in [5.41, 5.74) is 2.41. The Morgan fingerprint density at radius 2 is 2.00 bits per heavy atom. The van der Waals surface area contributed by atoms with E-state index in [0.29, 0.717) is 0 Å². The number of nitrogens with one attached hydrogen (secondary N) is 1. The van der Waals surface area contributed by atoms with Crippen LogP contribution in [0.5, 0.6) is 0 Å². The van der Waals surface area contributed by atoms with Crippen LogP contribution < -0.4 is 5.32 Å². The third kappa shape index (κ3) is 5.34. The number of benzene rings is 1. The number of aryl methyl sites for hydroxylation is 1. The van der Waals surface area contributed by atoms with Gasteiger partial charge in [-0.3, -0.25) is 4.90 Å². The van der Waals surface area contributed by atoms with Crippen molar-refractivity contribution in [2.24, 2.45) is 0 Å². The average molecular weight is 304 g/mol. The molecular weight excluding hydrogens is 276 g/mol. The molecule has 1 heterocycles. The zero-order valence-electron chi connectivity index (χ0n) is 14.2. The van der Waals surface area contributed by atoms with Crippen molar-refractivity contribution in [3.05, 3.63) is 35.4 Å². The van der Waals surface area contributed by atoms with Crippen LogP contribution in [0.4, 0.5) is 4.79 Å². The minimum absolute atomic E-state index is 0.0695. The Kier molecular flexibility index (Phi) is 5.46. The summed E-state index contributed by atoms with van der Waals surface area (Å²) in [5, 5.41) is 2.93. The Labute approximate surface area is 133 Å². The summed E-state index contributed by atoms with van der Waals surface area (Å²) in [6.45, 7) is 10.5. The Morgan fingerprint density at radius 1 is 1.32 bits per heavy atom. The second-order valence-electron chi connectivity index (χ2n) is 7.15. The average Bonchev–Trinajstić information content (AvgIpc) is 2.57. The van der Waals surface area contributed by atoms with E-state index in [1.54, 1.807) is 0 Å². The Hall–Kier alpha value is -1.55. The summed E-state index contributed by atoms with van der Waals surface area (Å²) in [6, 6.07) is 8.72. The normalized spacial score (nSPS) is 17.3. The molecule has 1 unspecified atom stereocenters. The molecule has 1 aromatic carbocycles. The predicted molar refractivity (Wildman–Crippen MR) is 88.9 cm³/mol. The minimum atomic E-state index is -0.453. The monoisotopic (exact) mass is 304 g/mol. The molecule has 1 N–H and O–H groups in total. The van der Waals surface area contributed by atoms with E-state index < -0.39 is 5.60 Å². The maximum absolute atomic E-state index is 11.8. The smallest absolute Gasteiger partial charge is 0.407 e. The zero-order chi connectivity index (χ0) is 16.2. The van der Waals surface area contributed by atoms with E-state index in [0.717, 1.165) is 32.5 Å². The van der Waals surface area contributed by atoms with Crippen LogP contribution >= 0.6 is 0 Å². The van der Waals surface area contributed by atoms with Gasteiger partial charge in [0.1, 0.15) is 5.60 Å². The number of alkyl carbamates (subject to hydrolysis) is 1. The lowest BCUT2D eigenvalue weighted by atomic mass is 10.0. The van der Waals surface area contributed by atoms with E-state index in [1.807, 2.05) is 27.7 Å². The topological polar surface area (TPSA) is 41.6 Å². The molecule has 122 valence electrons. The quantitative estimate of drug-likeness (QED) is 0.931. The molecule has 0 radical (unpaired) electrons. The van der Waals surface area contributed by atoms with E-state index in [-0.39, 0.29) is 12.1 Å². The van der Waals surface area contributed by atoms with Gasteiger partial charge < -0.3 is 10.1 Å². The molecule has 0 saturated carbocycles. The second kappa shape index (κ2) is 7.14. The highest BCUT2D eigenvalue weighted by molar-refractivity contribution is 5.68. The van der Waals surface area contributed by atoms with Crippen molar-refractivity contribution in [1.29, 1.82) is 0 Å². The highest BCUT2D eigenvalue weighted by Gasteiger charge is 2.20. The van der Waals surface area contributed by atoms with Gasteiger partial charge >= 0.3 is 6.09 Å². The van der Waals surface area contributed by atoms with E-state index in [4.69, 9.17) is 4.74 Å². The van der Waals surface area contributed by atoms with Crippen LogP contribution in [0.2, 0.25) is 0 Å². The van der Waals surface area contributed by atoms with Gasteiger partial charge in [-0.2, -0.15) is 0 Å². The van der Waals surface area contributed by atoms with Crippen LogP contribution in [0.25, 0.3) is 0 Å². The Bertz CT molecular complexity index is 508. The molecule has 1 aliphatic heterocycles. The van der Waals surface area contributed by atoms with Gasteiger partial charge in [-0.1, -0.05) is 24.3 Å². The highest BCUT2D eigenvalue weighted by Crippen LogP contribution is 2.18. The lowest BCUT2D eigenvalue weighted by Gasteiger charge is -2.26. The van der Waals surface area contributed by atoms with Gasteiger partial charge in [0.25, 0.3) is 0 Å². The van der Waals surface area contributed by atoms with Gasteiger partial charge in [0.2, 0.25) is 0 Å². The van der Waals surface area contributed by atoms with Gasteiger partial charge in [0, 0.05) is 19.1 Å². The van der Waals surface area contributed by atoms with Gasteiger partial charge in [-0.15, -0.1) is 0 Å². The molecule has 1 atom stereocenters. The van der Waals surface area contributed by atoms with Crippen molar-refractivity contribution in [1.82, 2.24) is 10.2 Å². The molecule has 4 nitrogen and oxygen atoms in total. The molecule has 0 spiro atoms. The van der Waals surface area contributed by atoms with Gasteiger partial charge in [-0.05, 0) is 58.2 Å². The van der Waals surface area contributed by atoms with Crippen LogP contribution in [0.15, 0.2) is 24.3 Å². The molecule has 0 saturated heterocycles. The number of hydrogen-bond acceptors (Lipinski definition) is 3. The van der Waals surface area contributed by atoms with Crippen molar-refractivity contribution >= 4 is 6.09 Å². The summed E-state index contributed by atoms with van der Waals surface area (Å²) in [6.07, 6.45) is 1.96. The summed E-state index contributed by atoms with van der Waals surface area (Å²) < 4.78 is 5.31. The molecule has 0 fully saturated rings. The predicted octanol–water partition coefficient (Wildman–Crippen LogP) is 3.35. The number of fused-ring (bicyclic) bond motifs is 1. The third-order valence-corrected chi connectivity index (χ3v) is 3.73. The summed E-state index contributed by atoms with van der Waals surface area (Å²) in [7, 11) is 0. The van der Waals surface area contributed by atoms with Crippen LogP contribution in [0.1, 0.15) is 45.2 Å². The molecule has 0 aliphatic carbocycles. The maximum Gasteiger partial charge on any atom is 0.407 e. The van der Waals surface area contributed by atoms with Crippen molar-refractivity contribution in [3.63, 3.8) is 0 Å². The molecule has 0 aromatic heterocycles. The standard InChI is InChI=1S/C18H28N2O2/c1-14(19-17(21)22-18(2,3)4)12-20-11-7-10-15-8-5-6-9-16(15)13-20/h5-6,8-9,14H,7,10-13H2,1-4H3,(H,19,21). The van der Waals surface area contributed by atoms with Crippen LogP contribution in [-0.2, 0) is 17.7 Å². The summed E-state index contributed by atoms with van der Waals surface area (Å²) >= 11 is 0. The highest BCUT2D eigenvalue weighted by atomic mass is 16.6. The van der Waals surface area contributed by atoms with Crippen LogP contribution in [0, 0.1) is 0 Å². The first kappa shape index (κ1) is 16.8. The molecule has 2 rings (SSSR count). The lowest BCUT2D eigenvalue weighted by molar-refractivity contribution is 0.0496. The first-order chi connectivity index (χ1) is 10.3. The van der Waals surface area contributed by atoms with Crippen LogP contribution in [0.3, 0.4) is 0 Å². The number of nitrogens with zero attached hydrogens (tertiary/aromatic N) is 1. The Balaban J connectivity index is 1.87. The van der Waals surface area contributed by atoms with Crippen LogP contribution in [-0.4, -0.2) is 35.7 Å². The number of hydrogen-bond donors (Lipinski definition) is 1. The molecular formula is C18H28N2O2. The molecule has 22 heavy (non-hydrogen) atoms. The van der Waals surface area contributed by atoms with E-state index in [2.05, 4.69) is 34.5 Å². The molecule has 1 aliphatic rings. The third-order valence-electron chi connectivity index (χ3n) is 3.73. The first-order valence-electron chi connectivity index (χ1n) is 8.12.